The average molecular weight is 291 g/mol. The van der Waals surface area contributed by atoms with Crippen LogP contribution in [0.15, 0.2) is 30.3 Å². The Morgan fingerprint density at radius 1 is 1.00 bits per heavy atom. The Hall–Kier alpha value is -1.61. The van der Waals surface area contributed by atoms with Gasteiger partial charge in [0.05, 0.1) is 0 Å². The number of aromatic nitrogens is 2. The Balaban J connectivity index is 2.27. The smallest absolute Gasteiger partial charge is 0.224 e. The van der Waals surface area contributed by atoms with E-state index in [2.05, 4.69) is 29.9 Å². The van der Waals surface area contributed by atoms with E-state index in [9.17, 15) is 0 Å². The molecule has 0 aliphatic carbocycles. The van der Waals surface area contributed by atoms with Gasteiger partial charge < -0.3 is 4.74 Å². The molecule has 0 bridgehead atoms. The second-order valence-corrected chi connectivity index (χ2v) is 5.76. The lowest BCUT2D eigenvalue weighted by molar-refractivity contribution is 0.456. The fourth-order valence-electron chi connectivity index (χ4n) is 1.78. The van der Waals surface area contributed by atoms with E-state index >= 15 is 0 Å². The molecule has 106 valence electrons. The molecule has 1 aromatic carbocycles. The molecule has 0 fully saturated rings. The van der Waals surface area contributed by atoms with Crippen LogP contribution in [0.2, 0.25) is 5.15 Å². The second-order valence-electron chi connectivity index (χ2n) is 5.37. The zero-order chi connectivity index (χ0) is 14.7. The zero-order valence-corrected chi connectivity index (χ0v) is 13.0. The van der Waals surface area contributed by atoms with Gasteiger partial charge in [0, 0.05) is 12.0 Å². The lowest BCUT2D eigenvalue weighted by atomic mass is 10.0. The molecule has 0 aliphatic heterocycles. The van der Waals surface area contributed by atoms with Gasteiger partial charge in [0.25, 0.3) is 0 Å². The summed E-state index contributed by atoms with van der Waals surface area (Å²) in [7, 11) is 0. The van der Waals surface area contributed by atoms with E-state index in [1.54, 1.807) is 6.07 Å². The Morgan fingerprint density at radius 2 is 1.75 bits per heavy atom. The van der Waals surface area contributed by atoms with Gasteiger partial charge >= 0.3 is 0 Å². The first kappa shape index (κ1) is 14.8. The first-order valence-electron chi connectivity index (χ1n) is 6.78. The van der Waals surface area contributed by atoms with Gasteiger partial charge in [-0.25, -0.2) is 4.98 Å². The highest BCUT2D eigenvalue weighted by atomic mass is 35.5. The van der Waals surface area contributed by atoms with Crippen molar-refractivity contribution in [3.05, 3.63) is 46.9 Å². The molecule has 0 saturated carbocycles. The highest BCUT2D eigenvalue weighted by molar-refractivity contribution is 6.29. The maximum absolute atomic E-state index is 6.01. The highest BCUT2D eigenvalue weighted by Gasteiger charge is 2.09. The number of benzene rings is 1. The summed E-state index contributed by atoms with van der Waals surface area (Å²) in [6.45, 7) is 8.35. The minimum Gasteiger partial charge on any atom is -0.439 e. The predicted octanol–water partition coefficient (Wildman–Crippen LogP) is 5.17. The summed E-state index contributed by atoms with van der Waals surface area (Å²) in [6, 6.07) is 9.64. The molecule has 1 heterocycles. The number of hydrogen-bond donors (Lipinski definition) is 0. The summed E-state index contributed by atoms with van der Waals surface area (Å²) in [5.41, 5.74) is 1.23. The van der Waals surface area contributed by atoms with Gasteiger partial charge in [0.2, 0.25) is 5.88 Å². The van der Waals surface area contributed by atoms with Crippen LogP contribution in [0.25, 0.3) is 0 Å². The fourth-order valence-corrected chi connectivity index (χ4v) is 1.96. The van der Waals surface area contributed by atoms with Crippen LogP contribution in [0.1, 0.15) is 50.9 Å². The van der Waals surface area contributed by atoms with Gasteiger partial charge in [-0.1, -0.05) is 51.4 Å². The monoisotopic (exact) mass is 290 g/mol. The fraction of sp³-hybridized carbons (Fsp3) is 0.375. The molecular weight excluding hydrogens is 272 g/mol. The van der Waals surface area contributed by atoms with Crippen LogP contribution in [0, 0.1) is 0 Å². The van der Waals surface area contributed by atoms with Crippen LogP contribution in [0.4, 0.5) is 0 Å². The highest BCUT2D eigenvalue weighted by Crippen LogP contribution is 2.26. The van der Waals surface area contributed by atoms with E-state index < -0.39 is 0 Å². The van der Waals surface area contributed by atoms with Crippen LogP contribution in [0.3, 0.4) is 0 Å². The second kappa shape index (κ2) is 6.23. The van der Waals surface area contributed by atoms with Crippen molar-refractivity contribution in [2.24, 2.45) is 0 Å². The SMILES string of the molecule is CC(C)c1cccc(Oc2cc(Cl)nc(C(C)C)n2)c1. The molecular formula is C16H19ClN2O. The van der Waals surface area contributed by atoms with E-state index in [0.717, 1.165) is 5.75 Å². The molecule has 0 atom stereocenters. The molecule has 0 unspecified atom stereocenters. The molecule has 0 saturated heterocycles. The van der Waals surface area contributed by atoms with Gasteiger partial charge in [0.1, 0.15) is 16.7 Å². The number of ether oxygens (including phenoxy) is 1. The quantitative estimate of drug-likeness (QED) is 0.729. The predicted molar refractivity (Wildman–Crippen MR) is 81.7 cm³/mol. The topological polar surface area (TPSA) is 35.0 Å². The maximum Gasteiger partial charge on any atom is 0.224 e. The summed E-state index contributed by atoms with van der Waals surface area (Å²) in [5, 5.41) is 0.402. The zero-order valence-electron chi connectivity index (χ0n) is 12.2. The van der Waals surface area contributed by atoms with Crippen molar-refractivity contribution in [3.8, 4) is 11.6 Å². The molecule has 2 rings (SSSR count). The van der Waals surface area contributed by atoms with Gasteiger partial charge in [-0.2, -0.15) is 4.98 Å². The van der Waals surface area contributed by atoms with E-state index in [1.807, 2.05) is 32.0 Å². The first-order valence-corrected chi connectivity index (χ1v) is 7.16. The van der Waals surface area contributed by atoms with Gasteiger partial charge in [0.15, 0.2) is 0 Å². The third-order valence-corrected chi connectivity index (χ3v) is 3.15. The molecule has 1 aromatic heterocycles. The standard InChI is InChI=1S/C16H19ClN2O/c1-10(2)12-6-5-7-13(8-12)20-15-9-14(17)18-16(19-15)11(3)4/h5-11H,1-4H3. The van der Waals surface area contributed by atoms with Crippen LogP contribution in [-0.4, -0.2) is 9.97 Å². The van der Waals surface area contributed by atoms with E-state index in [-0.39, 0.29) is 5.92 Å². The summed E-state index contributed by atoms with van der Waals surface area (Å²) < 4.78 is 5.81. The Labute approximate surface area is 125 Å². The Bertz CT molecular complexity index is 597. The Morgan fingerprint density at radius 3 is 2.40 bits per heavy atom. The van der Waals surface area contributed by atoms with Crippen molar-refractivity contribution in [2.45, 2.75) is 39.5 Å². The number of rotatable bonds is 4. The molecule has 2 aromatic rings. The third-order valence-electron chi connectivity index (χ3n) is 2.95. The van der Waals surface area contributed by atoms with Gasteiger partial charge in [-0.3, -0.25) is 0 Å². The van der Waals surface area contributed by atoms with Crippen LogP contribution in [0.5, 0.6) is 11.6 Å². The molecule has 0 aliphatic rings. The summed E-state index contributed by atoms with van der Waals surface area (Å²) in [6.07, 6.45) is 0. The molecule has 4 heteroatoms. The van der Waals surface area contributed by atoms with Crippen molar-refractivity contribution >= 4 is 11.6 Å². The van der Waals surface area contributed by atoms with Crippen LogP contribution in [-0.2, 0) is 0 Å². The van der Waals surface area contributed by atoms with E-state index in [0.29, 0.717) is 22.8 Å². The maximum atomic E-state index is 6.01. The summed E-state index contributed by atoms with van der Waals surface area (Å²) in [5.74, 6) is 2.60. The van der Waals surface area contributed by atoms with Crippen LogP contribution >= 0.6 is 11.6 Å². The normalized spacial score (nSPS) is 11.2. The summed E-state index contributed by atoms with van der Waals surface area (Å²) >= 11 is 6.01. The van der Waals surface area contributed by atoms with Crippen molar-refractivity contribution < 1.29 is 4.74 Å². The Kier molecular flexibility index (Phi) is 4.61. The molecule has 20 heavy (non-hydrogen) atoms. The minimum atomic E-state index is 0.207. The van der Waals surface area contributed by atoms with Crippen LogP contribution < -0.4 is 4.74 Å². The molecule has 3 nitrogen and oxygen atoms in total. The number of hydrogen-bond acceptors (Lipinski definition) is 3. The van der Waals surface area contributed by atoms with Crippen molar-refractivity contribution in [1.82, 2.24) is 9.97 Å². The number of halogens is 1. The van der Waals surface area contributed by atoms with E-state index in [4.69, 9.17) is 16.3 Å². The van der Waals surface area contributed by atoms with Crippen molar-refractivity contribution in [2.75, 3.05) is 0 Å². The lowest BCUT2D eigenvalue weighted by Gasteiger charge is -2.11. The molecule has 0 amide bonds. The number of nitrogens with zero attached hydrogens (tertiary/aromatic N) is 2. The largest absolute Gasteiger partial charge is 0.439 e. The van der Waals surface area contributed by atoms with E-state index in [1.165, 1.54) is 5.56 Å². The van der Waals surface area contributed by atoms with Gasteiger partial charge in [-0.05, 0) is 23.6 Å². The summed E-state index contributed by atoms with van der Waals surface area (Å²) in [4.78, 5) is 8.58. The molecule has 0 spiro atoms. The first-order chi connectivity index (χ1) is 9.45. The van der Waals surface area contributed by atoms with Crippen molar-refractivity contribution in [3.63, 3.8) is 0 Å². The molecule has 0 radical (unpaired) electrons. The third kappa shape index (κ3) is 3.70. The molecule has 0 N–H and O–H groups in total. The van der Waals surface area contributed by atoms with Crippen molar-refractivity contribution in [1.29, 1.82) is 0 Å². The average Bonchev–Trinajstić information content (AvgIpc) is 2.38. The van der Waals surface area contributed by atoms with Gasteiger partial charge in [-0.15, -0.1) is 0 Å². The lowest BCUT2D eigenvalue weighted by Crippen LogP contribution is -2.00. The minimum absolute atomic E-state index is 0.207.